The van der Waals surface area contributed by atoms with Crippen LogP contribution in [0.1, 0.15) is 33.9 Å². The molecule has 2 nitrogen and oxygen atoms in total. The average molecular weight is 412 g/mol. The highest BCUT2D eigenvalue weighted by molar-refractivity contribution is 9.10. The summed E-state index contributed by atoms with van der Waals surface area (Å²) in [7, 11) is 0. The molecule has 0 aromatic heterocycles. The largest absolute Gasteiger partial charge is 0.378 e. The van der Waals surface area contributed by atoms with Crippen molar-refractivity contribution in [1.82, 2.24) is 0 Å². The Kier molecular flexibility index (Phi) is 5.84. The van der Waals surface area contributed by atoms with Crippen LogP contribution in [0.5, 0.6) is 0 Å². The summed E-state index contributed by atoms with van der Waals surface area (Å²) in [5, 5.41) is 3.35. The van der Waals surface area contributed by atoms with Crippen molar-refractivity contribution in [3.8, 4) is 0 Å². The smallest absolute Gasteiger partial charge is 0.165 e. The molecule has 132 valence electrons. The molecule has 26 heavy (non-hydrogen) atoms. The second-order valence-electron chi connectivity index (χ2n) is 6.25. The number of aryl methyl sites for hydroxylation is 1. The van der Waals surface area contributed by atoms with E-state index in [1.165, 1.54) is 12.1 Å². The fourth-order valence-electron chi connectivity index (χ4n) is 2.74. The third-order valence-electron chi connectivity index (χ3n) is 4.22. The molecule has 0 fully saturated rings. The Balaban J connectivity index is 1.84. The first-order valence-corrected chi connectivity index (χ1v) is 9.18. The van der Waals surface area contributed by atoms with Gasteiger partial charge in [-0.25, -0.2) is 4.39 Å². The first kappa shape index (κ1) is 18.3. The number of benzene rings is 3. The zero-order valence-electron chi connectivity index (χ0n) is 14.4. The van der Waals surface area contributed by atoms with E-state index in [-0.39, 0.29) is 17.6 Å². The van der Waals surface area contributed by atoms with Gasteiger partial charge in [-0.05, 0) is 48.9 Å². The number of Topliss-reactive ketones (excluding diaryl/α,β-unsaturated/α-hetero) is 1. The summed E-state index contributed by atoms with van der Waals surface area (Å²) in [5.41, 5.74) is 3.59. The van der Waals surface area contributed by atoms with Gasteiger partial charge in [0.05, 0.1) is 6.04 Å². The maximum absolute atomic E-state index is 13.2. The van der Waals surface area contributed by atoms with E-state index in [1.54, 1.807) is 12.1 Å². The predicted molar refractivity (Wildman–Crippen MR) is 107 cm³/mol. The third kappa shape index (κ3) is 4.79. The highest BCUT2D eigenvalue weighted by Crippen LogP contribution is 2.26. The SMILES string of the molecule is Cc1ccc(C(=O)C[C@@H](Nc2ccc(F)cc2)c2ccc(Br)cc2)cc1. The molecule has 0 aliphatic carbocycles. The fraction of sp³-hybridized carbons (Fsp3) is 0.136. The van der Waals surface area contributed by atoms with Crippen LogP contribution in [-0.2, 0) is 0 Å². The molecule has 0 bridgehead atoms. The Hall–Kier alpha value is -2.46. The lowest BCUT2D eigenvalue weighted by Crippen LogP contribution is -2.16. The van der Waals surface area contributed by atoms with Crippen molar-refractivity contribution in [2.75, 3.05) is 5.32 Å². The number of anilines is 1. The monoisotopic (exact) mass is 411 g/mol. The topological polar surface area (TPSA) is 29.1 Å². The predicted octanol–water partition coefficient (Wildman–Crippen LogP) is 6.32. The molecular weight excluding hydrogens is 393 g/mol. The van der Waals surface area contributed by atoms with Gasteiger partial charge in [-0.2, -0.15) is 0 Å². The van der Waals surface area contributed by atoms with Crippen LogP contribution in [0.4, 0.5) is 10.1 Å². The summed E-state index contributed by atoms with van der Waals surface area (Å²) >= 11 is 3.43. The van der Waals surface area contributed by atoms with Crippen molar-refractivity contribution >= 4 is 27.4 Å². The summed E-state index contributed by atoms with van der Waals surface area (Å²) < 4.78 is 14.1. The van der Waals surface area contributed by atoms with Gasteiger partial charge in [0.25, 0.3) is 0 Å². The van der Waals surface area contributed by atoms with Gasteiger partial charge in [0.15, 0.2) is 5.78 Å². The molecular formula is C22H19BrFNO. The Morgan fingerprint density at radius 2 is 1.58 bits per heavy atom. The highest BCUT2D eigenvalue weighted by atomic mass is 79.9. The Morgan fingerprint density at radius 1 is 0.962 bits per heavy atom. The minimum atomic E-state index is -0.286. The molecule has 3 aromatic carbocycles. The number of halogens is 2. The minimum Gasteiger partial charge on any atom is -0.378 e. The summed E-state index contributed by atoms with van der Waals surface area (Å²) in [6.07, 6.45) is 0.308. The van der Waals surface area contributed by atoms with Crippen molar-refractivity contribution in [1.29, 1.82) is 0 Å². The van der Waals surface area contributed by atoms with E-state index in [4.69, 9.17) is 0 Å². The molecule has 0 radical (unpaired) electrons. The molecule has 0 aliphatic heterocycles. The van der Waals surface area contributed by atoms with Gasteiger partial charge in [0, 0.05) is 22.1 Å². The standard InChI is InChI=1S/C22H19BrFNO/c1-15-2-4-17(5-3-15)22(26)14-21(16-6-8-18(23)9-7-16)25-20-12-10-19(24)11-13-20/h2-13,21,25H,14H2,1H3/t21-/m1/s1. The number of ketones is 1. The van der Waals surface area contributed by atoms with Gasteiger partial charge in [0.2, 0.25) is 0 Å². The van der Waals surface area contributed by atoms with Gasteiger partial charge in [-0.15, -0.1) is 0 Å². The van der Waals surface area contributed by atoms with Crippen LogP contribution in [0.2, 0.25) is 0 Å². The number of hydrogen-bond donors (Lipinski definition) is 1. The normalized spacial score (nSPS) is 11.8. The van der Waals surface area contributed by atoms with Crippen molar-refractivity contribution in [3.05, 3.63) is 99.8 Å². The van der Waals surface area contributed by atoms with E-state index in [0.717, 1.165) is 21.3 Å². The molecule has 3 aromatic rings. The van der Waals surface area contributed by atoms with Crippen LogP contribution in [0.25, 0.3) is 0 Å². The third-order valence-corrected chi connectivity index (χ3v) is 4.75. The lowest BCUT2D eigenvalue weighted by molar-refractivity contribution is 0.0976. The van der Waals surface area contributed by atoms with Crippen molar-refractivity contribution < 1.29 is 9.18 Å². The van der Waals surface area contributed by atoms with Crippen molar-refractivity contribution in [2.24, 2.45) is 0 Å². The molecule has 1 N–H and O–H groups in total. The average Bonchev–Trinajstić information content (AvgIpc) is 2.64. The van der Waals surface area contributed by atoms with Gasteiger partial charge in [-0.1, -0.05) is 57.9 Å². The maximum Gasteiger partial charge on any atom is 0.165 e. The number of rotatable bonds is 6. The number of carbonyl (C=O) groups is 1. The van der Waals surface area contributed by atoms with Crippen molar-refractivity contribution in [2.45, 2.75) is 19.4 Å². The quantitative estimate of drug-likeness (QED) is 0.480. The van der Waals surface area contributed by atoms with E-state index in [1.807, 2.05) is 55.5 Å². The van der Waals surface area contributed by atoms with Crippen LogP contribution >= 0.6 is 15.9 Å². The maximum atomic E-state index is 13.2. The van der Waals surface area contributed by atoms with Crippen LogP contribution in [0.3, 0.4) is 0 Å². The Morgan fingerprint density at radius 3 is 2.19 bits per heavy atom. The molecule has 0 unspecified atom stereocenters. The Labute approximate surface area is 161 Å². The van der Waals surface area contributed by atoms with E-state index >= 15 is 0 Å². The van der Waals surface area contributed by atoms with Crippen LogP contribution in [-0.4, -0.2) is 5.78 Å². The van der Waals surface area contributed by atoms with E-state index < -0.39 is 0 Å². The lowest BCUT2D eigenvalue weighted by atomic mass is 9.97. The number of hydrogen-bond acceptors (Lipinski definition) is 2. The van der Waals surface area contributed by atoms with Gasteiger partial charge < -0.3 is 5.32 Å². The first-order valence-electron chi connectivity index (χ1n) is 8.39. The molecule has 1 atom stereocenters. The fourth-order valence-corrected chi connectivity index (χ4v) is 3.00. The van der Waals surface area contributed by atoms with Gasteiger partial charge in [-0.3, -0.25) is 4.79 Å². The van der Waals surface area contributed by atoms with E-state index in [0.29, 0.717) is 12.0 Å². The first-order chi connectivity index (χ1) is 12.5. The van der Waals surface area contributed by atoms with Gasteiger partial charge >= 0.3 is 0 Å². The number of nitrogens with one attached hydrogen (secondary N) is 1. The minimum absolute atomic E-state index is 0.0625. The van der Waals surface area contributed by atoms with E-state index in [2.05, 4.69) is 21.2 Å². The zero-order chi connectivity index (χ0) is 18.5. The number of carbonyl (C=O) groups excluding carboxylic acids is 1. The van der Waals surface area contributed by atoms with Crippen LogP contribution < -0.4 is 5.32 Å². The van der Waals surface area contributed by atoms with Crippen LogP contribution in [0.15, 0.2) is 77.3 Å². The molecule has 0 spiro atoms. The molecule has 3 rings (SSSR count). The summed E-state index contributed by atoms with van der Waals surface area (Å²) in [4.78, 5) is 12.7. The molecule has 0 saturated heterocycles. The summed E-state index contributed by atoms with van der Waals surface area (Å²) in [6.45, 7) is 2.00. The molecule has 0 saturated carbocycles. The molecule has 4 heteroatoms. The zero-order valence-corrected chi connectivity index (χ0v) is 16.0. The second kappa shape index (κ2) is 8.28. The molecule has 0 aliphatic rings. The van der Waals surface area contributed by atoms with Crippen molar-refractivity contribution in [3.63, 3.8) is 0 Å². The highest BCUT2D eigenvalue weighted by Gasteiger charge is 2.17. The van der Waals surface area contributed by atoms with Crippen LogP contribution in [0, 0.1) is 12.7 Å². The second-order valence-corrected chi connectivity index (χ2v) is 7.16. The molecule has 0 amide bonds. The summed E-state index contributed by atoms with van der Waals surface area (Å²) in [6, 6.07) is 21.4. The lowest BCUT2D eigenvalue weighted by Gasteiger charge is -2.20. The van der Waals surface area contributed by atoms with Gasteiger partial charge in [0.1, 0.15) is 5.82 Å². The molecule has 0 heterocycles. The summed E-state index contributed by atoms with van der Waals surface area (Å²) in [5.74, 6) is -0.223. The van der Waals surface area contributed by atoms with E-state index in [9.17, 15) is 9.18 Å². The Bertz CT molecular complexity index is 874.